The van der Waals surface area contributed by atoms with E-state index >= 15 is 0 Å². The molecule has 3 aromatic rings. The van der Waals surface area contributed by atoms with Gasteiger partial charge in [-0.1, -0.05) is 0 Å². The fourth-order valence-electron chi connectivity index (χ4n) is 5.27. The van der Waals surface area contributed by atoms with E-state index in [1.54, 1.807) is 38.6 Å². The summed E-state index contributed by atoms with van der Waals surface area (Å²) in [4.78, 5) is 7.05. The van der Waals surface area contributed by atoms with Crippen LogP contribution in [0.15, 0.2) is 42.6 Å². The van der Waals surface area contributed by atoms with E-state index in [1.807, 2.05) is 12.1 Å². The molecule has 0 unspecified atom stereocenters. The average Bonchev–Trinajstić information content (AvgIpc) is 2.80. The number of benzene rings is 2. The number of methoxy groups -OCH3 is 1. The number of hydrogen-bond acceptors (Lipinski definition) is 6. The van der Waals surface area contributed by atoms with Gasteiger partial charge in [-0.15, -0.1) is 0 Å². The minimum Gasteiger partial charge on any atom is -0.493 e. The van der Waals surface area contributed by atoms with Crippen molar-refractivity contribution >= 4 is 16.6 Å². The molecule has 188 valence electrons. The molecule has 0 spiro atoms. The highest BCUT2D eigenvalue weighted by molar-refractivity contribution is 5.88. The number of pyridine rings is 1. The molecule has 0 amide bonds. The van der Waals surface area contributed by atoms with Gasteiger partial charge < -0.3 is 19.5 Å². The molecule has 4 rings (SSSR count). The van der Waals surface area contributed by atoms with Crippen molar-refractivity contribution in [3.8, 4) is 23.0 Å². The highest BCUT2D eigenvalue weighted by Gasteiger charge is 2.40. The van der Waals surface area contributed by atoms with Gasteiger partial charge in [-0.3, -0.25) is 9.88 Å². The monoisotopic (exact) mass is 481 g/mol. The van der Waals surface area contributed by atoms with Crippen LogP contribution in [0.4, 0.5) is 10.1 Å². The second kappa shape index (κ2) is 9.90. The van der Waals surface area contributed by atoms with Crippen LogP contribution in [0.3, 0.4) is 0 Å². The average molecular weight is 482 g/mol. The Morgan fingerprint density at radius 3 is 2.40 bits per heavy atom. The Bertz CT molecular complexity index is 1180. The van der Waals surface area contributed by atoms with E-state index in [9.17, 15) is 4.39 Å². The summed E-state index contributed by atoms with van der Waals surface area (Å²) in [6.07, 6.45) is 5.29. The van der Waals surface area contributed by atoms with Crippen molar-refractivity contribution in [2.75, 3.05) is 32.6 Å². The van der Waals surface area contributed by atoms with E-state index in [2.05, 4.69) is 42.9 Å². The Hall–Kier alpha value is -3.06. The molecule has 35 heavy (non-hydrogen) atoms. The summed E-state index contributed by atoms with van der Waals surface area (Å²) in [5.74, 6) is 1.83. The van der Waals surface area contributed by atoms with Crippen molar-refractivity contribution in [1.82, 2.24) is 9.88 Å². The number of likely N-dealkylation sites (tertiary alicyclic amines) is 1. The predicted molar refractivity (Wildman–Crippen MR) is 139 cm³/mol. The van der Waals surface area contributed by atoms with E-state index in [4.69, 9.17) is 14.2 Å². The lowest BCUT2D eigenvalue weighted by Gasteiger charge is -2.53. The second-order valence-corrected chi connectivity index (χ2v) is 10.3. The van der Waals surface area contributed by atoms with Crippen molar-refractivity contribution < 1.29 is 18.6 Å². The first-order chi connectivity index (χ1) is 16.6. The fourth-order valence-corrected chi connectivity index (χ4v) is 5.27. The molecule has 0 saturated carbocycles. The SMILES string of the molecule is CNc1ccc(Oc2ccnc3cc(OCCN4C(C)(C)CCCC4(C)C)c(OC)cc23)cc1F. The highest BCUT2D eigenvalue weighted by atomic mass is 19.1. The minimum absolute atomic E-state index is 0.136. The molecule has 6 nitrogen and oxygen atoms in total. The molecule has 1 aliphatic rings. The Labute approximate surface area is 207 Å². The summed E-state index contributed by atoms with van der Waals surface area (Å²) in [6.45, 7) is 10.6. The molecule has 2 aromatic carbocycles. The Kier molecular flexibility index (Phi) is 7.08. The van der Waals surface area contributed by atoms with Crippen molar-refractivity contribution in [2.24, 2.45) is 0 Å². The molecule has 1 aliphatic heterocycles. The third kappa shape index (κ3) is 5.30. The van der Waals surface area contributed by atoms with Gasteiger partial charge in [0.05, 0.1) is 18.3 Å². The van der Waals surface area contributed by atoms with Gasteiger partial charge in [0.2, 0.25) is 0 Å². The number of anilines is 1. The summed E-state index contributed by atoms with van der Waals surface area (Å²) < 4.78 is 32.1. The van der Waals surface area contributed by atoms with Crippen LogP contribution in [0.25, 0.3) is 10.9 Å². The van der Waals surface area contributed by atoms with Crippen LogP contribution in [-0.4, -0.2) is 48.3 Å². The predicted octanol–water partition coefficient (Wildman–Crippen LogP) is 6.64. The lowest BCUT2D eigenvalue weighted by atomic mass is 9.80. The summed E-state index contributed by atoms with van der Waals surface area (Å²) in [5, 5.41) is 3.57. The van der Waals surface area contributed by atoms with Crippen LogP contribution in [-0.2, 0) is 0 Å². The molecular weight excluding hydrogens is 445 g/mol. The molecule has 1 N–H and O–H groups in total. The topological polar surface area (TPSA) is 55.8 Å². The number of hydrogen-bond donors (Lipinski definition) is 1. The number of rotatable bonds is 8. The minimum atomic E-state index is -0.378. The lowest BCUT2D eigenvalue weighted by molar-refractivity contribution is -0.0341. The van der Waals surface area contributed by atoms with Crippen LogP contribution in [0.2, 0.25) is 0 Å². The molecule has 0 atom stereocenters. The maximum atomic E-state index is 14.2. The van der Waals surface area contributed by atoms with Gasteiger partial charge in [0.15, 0.2) is 11.5 Å². The Morgan fingerprint density at radius 2 is 1.74 bits per heavy atom. The largest absolute Gasteiger partial charge is 0.493 e. The summed E-state index contributed by atoms with van der Waals surface area (Å²) in [6, 6.07) is 10.2. The Balaban J connectivity index is 1.55. The van der Waals surface area contributed by atoms with E-state index in [0.717, 1.165) is 11.9 Å². The van der Waals surface area contributed by atoms with Gasteiger partial charge in [-0.2, -0.15) is 0 Å². The molecule has 0 aliphatic carbocycles. The number of fused-ring (bicyclic) bond motifs is 1. The summed E-state index contributed by atoms with van der Waals surface area (Å²) in [5.41, 5.74) is 1.40. The van der Waals surface area contributed by atoms with Crippen LogP contribution in [0.5, 0.6) is 23.0 Å². The molecule has 7 heteroatoms. The normalized spacial score (nSPS) is 17.2. The van der Waals surface area contributed by atoms with Crippen molar-refractivity contribution in [3.63, 3.8) is 0 Å². The smallest absolute Gasteiger partial charge is 0.163 e. The van der Waals surface area contributed by atoms with E-state index < -0.39 is 0 Å². The number of ether oxygens (including phenoxy) is 3. The van der Waals surface area contributed by atoms with Crippen LogP contribution >= 0.6 is 0 Å². The van der Waals surface area contributed by atoms with Gasteiger partial charge in [0.1, 0.15) is 23.9 Å². The number of halogens is 1. The lowest BCUT2D eigenvalue weighted by Crippen LogP contribution is -2.59. The third-order valence-corrected chi connectivity index (χ3v) is 7.04. The Morgan fingerprint density at radius 1 is 1.00 bits per heavy atom. The molecule has 1 fully saturated rings. The van der Waals surface area contributed by atoms with E-state index in [0.29, 0.717) is 40.8 Å². The highest BCUT2D eigenvalue weighted by Crippen LogP contribution is 2.39. The molecule has 1 saturated heterocycles. The maximum Gasteiger partial charge on any atom is 0.163 e. The zero-order valence-corrected chi connectivity index (χ0v) is 21.6. The van der Waals surface area contributed by atoms with Gasteiger partial charge >= 0.3 is 0 Å². The first-order valence-electron chi connectivity index (χ1n) is 12.2. The summed E-state index contributed by atoms with van der Waals surface area (Å²) >= 11 is 0. The second-order valence-electron chi connectivity index (χ2n) is 10.3. The number of nitrogens with one attached hydrogen (secondary N) is 1. The van der Waals surface area contributed by atoms with Gasteiger partial charge in [-0.25, -0.2) is 4.39 Å². The van der Waals surface area contributed by atoms with Gasteiger partial charge in [0.25, 0.3) is 0 Å². The number of nitrogens with zero attached hydrogens (tertiary/aromatic N) is 2. The molecule has 0 bridgehead atoms. The first-order valence-corrected chi connectivity index (χ1v) is 12.2. The third-order valence-electron chi connectivity index (χ3n) is 7.04. The molecular formula is C28H36FN3O3. The van der Waals surface area contributed by atoms with Crippen LogP contribution < -0.4 is 19.5 Å². The van der Waals surface area contributed by atoms with E-state index in [-0.39, 0.29) is 16.9 Å². The zero-order chi connectivity index (χ0) is 25.2. The van der Waals surface area contributed by atoms with Crippen molar-refractivity contribution in [2.45, 2.75) is 58.0 Å². The van der Waals surface area contributed by atoms with Crippen molar-refractivity contribution in [3.05, 3.63) is 48.4 Å². The zero-order valence-electron chi connectivity index (χ0n) is 21.6. The molecule has 1 aromatic heterocycles. The standard InChI is InChI=1S/C28H36FN3O3/c1-27(2)11-7-12-28(3,4)32(27)14-15-34-26-18-23-20(17-25(26)33-6)24(10-13-31-23)35-19-8-9-22(30-5)21(29)16-19/h8-10,13,16-18,30H,7,11-12,14-15H2,1-6H3. The number of piperidine rings is 1. The van der Waals surface area contributed by atoms with Crippen LogP contribution in [0.1, 0.15) is 47.0 Å². The maximum absolute atomic E-state index is 14.2. The number of aromatic nitrogens is 1. The van der Waals surface area contributed by atoms with Crippen molar-refractivity contribution in [1.29, 1.82) is 0 Å². The quantitative estimate of drug-likeness (QED) is 0.389. The first kappa shape index (κ1) is 25.0. The fraction of sp³-hybridized carbons (Fsp3) is 0.464. The van der Waals surface area contributed by atoms with Gasteiger partial charge in [-0.05, 0) is 71.2 Å². The van der Waals surface area contributed by atoms with Gasteiger partial charge in [0, 0.05) is 48.4 Å². The summed E-state index contributed by atoms with van der Waals surface area (Å²) in [7, 11) is 3.29. The van der Waals surface area contributed by atoms with Crippen LogP contribution in [0, 0.1) is 5.82 Å². The van der Waals surface area contributed by atoms with E-state index in [1.165, 1.54) is 25.3 Å². The molecule has 0 radical (unpaired) electrons. The molecule has 2 heterocycles.